The number of rotatable bonds is 7. The number of nitrogens with one attached hydrogen (secondary N) is 1. The van der Waals surface area contributed by atoms with E-state index in [1.807, 2.05) is 0 Å². The number of alkyl halides is 2. The number of fused-ring (bicyclic) bond motifs is 1. The molecule has 1 amide bonds. The molecule has 0 unspecified atom stereocenters. The van der Waals surface area contributed by atoms with Crippen molar-refractivity contribution in [2.45, 2.75) is 13.0 Å². The maximum Gasteiger partial charge on any atom is 0.280 e. The van der Waals surface area contributed by atoms with Crippen LogP contribution in [0, 0.1) is 0 Å². The van der Waals surface area contributed by atoms with Crippen LogP contribution in [0.25, 0.3) is 16.9 Å². The lowest BCUT2D eigenvalue weighted by Gasteiger charge is -2.11. The fourth-order valence-electron chi connectivity index (χ4n) is 3.14. The molecule has 0 aliphatic rings. The molecule has 11 heteroatoms. The fraction of sp³-hybridized carbons (Fsp3) is 0.200. The van der Waals surface area contributed by atoms with Gasteiger partial charge in [-0.25, -0.2) is 18.3 Å². The van der Waals surface area contributed by atoms with Crippen molar-refractivity contribution >= 4 is 23.2 Å². The van der Waals surface area contributed by atoms with Crippen molar-refractivity contribution < 1.29 is 18.3 Å². The fourth-order valence-corrected chi connectivity index (χ4v) is 3.29. The van der Waals surface area contributed by atoms with E-state index >= 15 is 0 Å². The standard InChI is InChI=1S/C20H17ClF2N6O2/c1-31-17-5-3-2-4-13(17)15-8-16(18(22)23)29-19(27-15)14(10-26-29)20(30)24-6-7-28-11-12(21)9-25-28/h2-5,8-11,18H,6-7H2,1H3,(H,24,30). The summed E-state index contributed by atoms with van der Waals surface area (Å²) in [5.41, 5.74) is 0.505. The van der Waals surface area contributed by atoms with E-state index < -0.39 is 12.3 Å². The summed E-state index contributed by atoms with van der Waals surface area (Å²) in [6.45, 7) is 0.641. The summed E-state index contributed by atoms with van der Waals surface area (Å²) in [6.07, 6.45) is 1.52. The van der Waals surface area contributed by atoms with Crippen LogP contribution in [-0.4, -0.2) is 43.9 Å². The van der Waals surface area contributed by atoms with Crippen LogP contribution in [0.15, 0.2) is 48.9 Å². The Hall–Kier alpha value is -3.53. The van der Waals surface area contributed by atoms with E-state index in [0.717, 1.165) is 4.52 Å². The van der Waals surface area contributed by atoms with Gasteiger partial charge in [-0.05, 0) is 18.2 Å². The normalized spacial score (nSPS) is 11.3. The van der Waals surface area contributed by atoms with Gasteiger partial charge in [0, 0.05) is 18.3 Å². The van der Waals surface area contributed by atoms with Crippen LogP contribution in [0.4, 0.5) is 8.78 Å². The van der Waals surface area contributed by atoms with Crippen molar-refractivity contribution in [3.8, 4) is 17.0 Å². The molecule has 8 nitrogen and oxygen atoms in total. The summed E-state index contributed by atoms with van der Waals surface area (Å²) in [4.78, 5) is 17.1. The van der Waals surface area contributed by atoms with Gasteiger partial charge in [0.15, 0.2) is 5.65 Å². The molecule has 0 saturated heterocycles. The third-order valence-electron chi connectivity index (χ3n) is 4.58. The number of halogens is 3. The van der Waals surface area contributed by atoms with Gasteiger partial charge in [0.1, 0.15) is 17.0 Å². The Labute approximate surface area is 180 Å². The Bertz CT molecular complexity index is 1240. The molecule has 0 bridgehead atoms. The molecular formula is C20H17ClF2N6O2. The Morgan fingerprint density at radius 3 is 2.77 bits per heavy atom. The highest BCUT2D eigenvalue weighted by Crippen LogP contribution is 2.32. The van der Waals surface area contributed by atoms with E-state index in [0.29, 0.717) is 22.9 Å². The van der Waals surface area contributed by atoms with E-state index in [4.69, 9.17) is 16.3 Å². The molecule has 1 N–H and O–H groups in total. The average molecular weight is 447 g/mol. The van der Waals surface area contributed by atoms with E-state index in [-0.39, 0.29) is 29.1 Å². The van der Waals surface area contributed by atoms with Gasteiger partial charge < -0.3 is 10.1 Å². The summed E-state index contributed by atoms with van der Waals surface area (Å²) in [7, 11) is 1.48. The third-order valence-corrected chi connectivity index (χ3v) is 4.77. The van der Waals surface area contributed by atoms with Crippen LogP contribution in [0.3, 0.4) is 0 Å². The first-order chi connectivity index (χ1) is 15.0. The highest BCUT2D eigenvalue weighted by molar-refractivity contribution is 6.30. The number of carbonyl (C=O) groups is 1. The van der Waals surface area contributed by atoms with Crippen LogP contribution in [0.1, 0.15) is 22.5 Å². The lowest BCUT2D eigenvalue weighted by molar-refractivity contribution is 0.0953. The number of amides is 1. The van der Waals surface area contributed by atoms with Crippen molar-refractivity contribution in [3.05, 3.63) is 65.2 Å². The number of hydrogen-bond acceptors (Lipinski definition) is 5. The first-order valence-corrected chi connectivity index (χ1v) is 9.62. The molecule has 160 valence electrons. The molecule has 0 aliphatic heterocycles. The van der Waals surface area contributed by atoms with Gasteiger partial charge in [0.25, 0.3) is 12.3 Å². The summed E-state index contributed by atoms with van der Waals surface area (Å²) in [5.74, 6) is -0.0129. The number of carbonyl (C=O) groups excluding carboxylic acids is 1. The summed E-state index contributed by atoms with van der Waals surface area (Å²) in [5, 5.41) is 11.2. The topological polar surface area (TPSA) is 86.3 Å². The maximum absolute atomic E-state index is 13.7. The van der Waals surface area contributed by atoms with E-state index in [1.54, 1.807) is 35.1 Å². The summed E-state index contributed by atoms with van der Waals surface area (Å²) < 4.78 is 35.3. The van der Waals surface area contributed by atoms with Gasteiger partial charge in [-0.2, -0.15) is 10.2 Å². The zero-order valence-electron chi connectivity index (χ0n) is 16.3. The van der Waals surface area contributed by atoms with E-state index in [2.05, 4.69) is 20.5 Å². The second-order valence-electron chi connectivity index (χ2n) is 6.54. The number of nitrogens with zero attached hydrogens (tertiary/aromatic N) is 5. The van der Waals surface area contributed by atoms with E-state index in [1.165, 1.54) is 25.6 Å². The minimum Gasteiger partial charge on any atom is -0.496 e. The Kier molecular flexibility index (Phi) is 5.81. The Balaban J connectivity index is 1.68. The second-order valence-corrected chi connectivity index (χ2v) is 6.97. The third kappa shape index (κ3) is 4.19. The number of methoxy groups -OCH3 is 1. The van der Waals surface area contributed by atoms with E-state index in [9.17, 15) is 13.6 Å². The molecule has 0 aliphatic carbocycles. The number of hydrogen-bond donors (Lipinski definition) is 1. The molecule has 0 spiro atoms. The highest BCUT2D eigenvalue weighted by atomic mass is 35.5. The maximum atomic E-state index is 13.7. The second kappa shape index (κ2) is 8.68. The molecule has 3 heterocycles. The average Bonchev–Trinajstić information content (AvgIpc) is 3.38. The molecule has 0 radical (unpaired) electrons. The molecule has 0 saturated carbocycles. The minimum absolute atomic E-state index is 0.0262. The predicted molar refractivity (Wildman–Crippen MR) is 110 cm³/mol. The first-order valence-electron chi connectivity index (χ1n) is 9.24. The van der Waals surface area contributed by atoms with Gasteiger partial charge in [-0.1, -0.05) is 23.7 Å². The largest absolute Gasteiger partial charge is 0.496 e. The smallest absolute Gasteiger partial charge is 0.280 e. The van der Waals surface area contributed by atoms with Crippen LogP contribution in [-0.2, 0) is 6.54 Å². The van der Waals surface area contributed by atoms with Crippen molar-refractivity contribution in [1.29, 1.82) is 0 Å². The van der Waals surface area contributed by atoms with Crippen LogP contribution in [0.5, 0.6) is 5.75 Å². The SMILES string of the molecule is COc1ccccc1-c1cc(C(F)F)n2ncc(C(=O)NCCn3cc(Cl)cn3)c2n1. The monoisotopic (exact) mass is 446 g/mol. The lowest BCUT2D eigenvalue weighted by atomic mass is 10.1. The van der Waals surface area contributed by atoms with Crippen LogP contribution in [0.2, 0.25) is 5.02 Å². The molecule has 4 rings (SSSR count). The zero-order valence-corrected chi connectivity index (χ0v) is 17.1. The Morgan fingerprint density at radius 2 is 2.06 bits per heavy atom. The van der Waals surface area contributed by atoms with Gasteiger partial charge in [0.2, 0.25) is 0 Å². The minimum atomic E-state index is -2.82. The summed E-state index contributed by atoms with van der Waals surface area (Å²) >= 11 is 5.82. The van der Waals surface area contributed by atoms with Crippen molar-refractivity contribution in [3.63, 3.8) is 0 Å². The quantitative estimate of drug-likeness (QED) is 0.468. The summed E-state index contributed by atoms with van der Waals surface area (Å²) in [6, 6.07) is 8.16. The molecule has 0 fully saturated rings. The molecule has 4 aromatic rings. The van der Waals surface area contributed by atoms with Gasteiger partial charge in [-0.3, -0.25) is 9.48 Å². The lowest BCUT2D eigenvalue weighted by Crippen LogP contribution is -2.27. The Morgan fingerprint density at radius 1 is 1.26 bits per heavy atom. The van der Waals surface area contributed by atoms with Crippen molar-refractivity contribution in [2.75, 3.05) is 13.7 Å². The van der Waals surface area contributed by atoms with Crippen molar-refractivity contribution in [2.24, 2.45) is 0 Å². The molecule has 3 aromatic heterocycles. The van der Waals surface area contributed by atoms with Gasteiger partial charge in [-0.15, -0.1) is 0 Å². The molecule has 0 atom stereocenters. The zero-order chi connectivity index (χ0) is 22.0. The van der Waals surface area contributed by atoms with Gasteiger partial charge >= 0.3 is 0 Å². The number of ether oxygens (including phenoxy) is 1. The molecule has 31 heavy (non-hydrogen) atoms. The molecular weight excluding hydrogens is 430 g/mol. The molecule has 1 aromatic carbocycles. The highest BCUT2D eigenvalue weighted by Gasteiger charge is 2.22. The van der Waals surface area contributed by atoms with Crippen molar-refractivity contribution in [1.82, 2.24) is 29.7 Å². The number of para-hydroxylation sites is 1. The number of benzene rings is 1. The first kappa shape index (κ1) is 20.7. The van der Waals surface area contributed by atoms with Crippen LogP contribution >= 0.6 is 11.6 Å². The predicted octanol–water partition coefficient (Wildman–Crippen LogP) is 3.62. The van der Waals surface area contributed by atoms with Gasteiger partial charge in [0.05, 0.1) is 36.8 Å². The number of aromatic nitrogens is 5. The van der Waals surface area contributed by atoms with Crippen LogP contribution < -0.4 is 10.1 Å².